The average Bonchev–Trinajstić information content (AvgIpc) is 3.11. The van der Waals surface area contributed by atoms with E-state index in [2.05, 4.69) is 5.10 Å². The number of halogens is 5. The van der Waals surface area contributed by atoms with Crippen LogP contribution in [0.1, 0.15) is 65.2 Å². The largest absolute Gasteiger partial charge is 0.299 e. The van der Waals surface area contributed by atoms with Crippen LogP contribution in [0.5, 0.6) is 0 Å². The van der Waals surface area contributed by atoms with Crippen molar-refractivity contribution in [1.29, 1.82) is 0 Å². The van der Waals surface area contributed by atoms with Crippen LogP contribution in [0.2, 0.25) is 0 Å². The Morgan fingerprint density at radius 1 is 1.26 bits per heavy atom. The lowest BCUT2D eigenvalue weighted by Crippen LogP contribution is -2.31. The number of carbonyl (C=O) groups is 1. The Kier molecular flexibility index (Phi) is 7.82. The fourth-order valence-electron chi connectivity index (χ4n) is 5.76. The molecule has 0 aromatic carbocycles. The number of fused-ring (bicyclic) bond motifs is 1. The van der Waals surface area contributed by atoms with E-state index in [4.69, 9.17) is 12.2 Å². The molecule has 2 atom stereocenters. The topological polar surface area (TPSA) is 69.0 Å². The highest BCUT2D eigenvalue weighted by atomic mass is 32.2. The van der Waals surface area contributed by atoms with E-state index in [1.165, 1.54) is 22.1 Å². The fraction of sp³-hybridized carbons (Fsp3) is 0.654. The van der Waals surface area contributed by atoms with Crippen molar-refractivity contribution in [3.8, 4) is 0 Å². The van der Waals surface area contributed by atoms with Crippen molar-refractivity contribution in [2.45, 2.75) is 81.2 Å². The second kappa shape index (κ2) is 10.6. The zero-order chi connectivity index (χ0) is 28.3. The summed E-state index contributed by atoms with van der Waals surface area (Å²) in [5.41, 5.74) is 0.873. The summed E-state index contributed by atoms with van der Waals surface area (Å²) in [6.45, 7) is 0. The zero-order valence-electron chi connectivity index (χ0n) is 21.3. The number of sulfone groups is 1. The molecule has 2 aromatic rings. The molecule has 2 fully saturated rings. The van der Waals surface area contributed by atoms with Crippen LogP contribution in [0.4, 0.5) is 22.0 Å². The van der Waals surface area contributed by atoms with Crippen molar-refractivity contribution in [3.63, 3.8) is 0 Å². The quantitative estimate of drug-likeness (QED) is 0.238. The second-order valence-corrected chi connectivity index (χ2v) is 14.9. The first-order valence-electron chi connectivity index (χ1n) is 13.0. The van der Waals surface area contributed by atoms with Gasteiger partial charge in [-0.3, -0.25) is 9.48 Å². The van der Waals surface area contributed by atoms with Crippen molar-refractivity contribution in [1.82, 2.24) is 9.78 Å². The summed E-state index contributed by atoms with van der Waals surface area (Å²) in [5, 5.41) is 3.81. The minimum Gasteiger partial charge on any atom is -0.299 e. The van der Waals surface area contributed by atoms with Crippen LogP contribution in [0.15, 0.2) is 11.0 Å². The van der Waals surface area contributed by atoms with E-state index in [-0.39, 0.29) is 53.9 Å². The minimum absolute atomic E-state index is 0.00610. The number of aromatic nitrogens is 2. The number of thiocarbonyl (C=S) groups is 1. The average molecular weight is 609 g/mol. The number of rotatable bonds is 11. The maximum atomic E-state index is 13.6. The normalized spacial score (nSPS) is 25.8. The molecular weight excluding hydrogens is 579 g/mol. The summed E-state index contributed by atoms with van der Waals surface area (Å²) >= 11 is 6.78. The van der Waals surface area contributed by atoms with Crippen LogP contribution >= 0.6 is 23.6 Å². The van der Waals surface area contributed by atoms with Gasteiger partial charge in [-0.15, -0.1) is 11.3 Å². The van der Waals surface area contributed by atoms with Crippen molar-refractivity contribution in [3.05, 3.63) is 32.8 Å². The van der Waals surface area contributed by atoms with E-state index in [0.29, 0.717) is 40.3 Å². The van der Waals surface area contributed by atoms with Gasteiger partial charge >= 0.3 is 0 Å². The molecule has 214 valence electrons. The van der Waals surface area contributed by atoms with Crippen LogP contribution in [0.25, 0.3) is 0 Å². The van der Waals surface area contributed by atoms with E-state index < -0.39 is 46.5 Å². The van der Waals surface area contributed by atoms with Gasteiger partial charge in [0.15, 0.2) is 9.84 Å². The van der Waals surface area contributed by atoms with Crippen molar-refractivity contribution in [2.24, 2.45) is 24.8 Å². The molecule has 3 aliphatic rings. The van der Waals surface area contributed by atoms with Gasteiger partial charge in [0, 0.05) is 41.8 Å². The molecule has 13 heteroatoms. The van der Waals surface area contributed by atoms with Crippen LogP contribution in [0.3, 0.4) is 0 Å². The molecule has 3 aliphatic carbocycles. The summed E-state index contributed by atoms with van der Waals surface area (Å²) in [4.78, 5) is 14.4. The van der Waals surface area contributed by atoms with Crippen LogP contribution in [-0.2, 0) is 47.4 Å². The number of alkyl halides is 5. The molecule has 2 aromatic heterocycles. The van der Waals surface area contributed by atoms with Crippen LogP contribution < -0.4 is 0 Å². The van der Waals surface area contributed by atoms with E-state index in [9.17, 15) is 35.2 Å². The van der Waals surface area contributed by atoms with Gasteiger partial charge < -0.3 is 0 Å². The van der Waals surface area contributed by atoms with Gasteiger partial charge in [0.1, 0.15) is 17.6 Å². The highest BCUT2D eigenvalue weighted by Crippen LogP contribution is 2.50. The van der Waals surface area contributed by atoms with E-state index in [1.807, 2.05) is 0 Å². The molecule has 5 nitrogen and oxygen atoms in total. The van der Waals surface area contributed by atoms with Gasteiger partial charge in [-0.2, -0.15) is 5.10 Å². The first-order valence-corrected chi connectivity index (χ1v) is 15.8. The number of ketones is 1. The molecule has 0 radical (unpaired) electrons. The molecular formula is C26H29F5N2O3S3. The van der Waals surface area contributed by atoms with Crippen molar-refractivity contribution in [2.75, 3.05) is 5.75 Å². The lowest BCUT2D eigenvalue weighted by Gasteiger charge is -2.29. The van der Waals surface area contributed by atoms with E-state index in [1.54, 1.807) is 7.05 Å². The number of hydrogen-bond acceptors (Lipinski definition) is 6. The third-order valence-corrected chi connectivity index (χ3v) is 11.7. The van der Waals surface area contributed by atoms with Gasteiger partial charge in [-0.05, 0) is 66.9 Å². The third kappa shape index (κ3) is 6.14. The van der Waals surface area contributed by atoms with Crippen molar-refractivity contribution >= 4 is 44.0 Å². The molecule has 1 unspecified atom stereocenters. The summed E-state index contributed by atoms with van der Waals surface area (Å²) in [5.74, 6) is -5.58. The third-order valence-electron chi connectivity index (χ3n) is 7.99. The lowest BCUT2D eigenvalue weighted by molar-refractivity contribution is -0.121. The molecule has 0 N–H and O–H groups in total. The Balaban J connectivity index is 1.35. The van der Waals surface area contributed by atoms with Crippen LogP contribution in [-0.4, -0.2) is 46.7 Å². The smallest absolute Gasteiger partial charge is 0.282 e. The number of hydrogen-bond donors (Lipinski definition) is 0. The summed E-state index contributed by atoms with van der Waals surface area (Å²) in [6.07, 6.45) is -1.75. The fourth-order valence-corrected chi connectivity index (χ4v) is 10.0. The van der Waals surface area contributed by atoms with Gasteiger partial charge in [0.05, 0.1) is 16.6 Å². The molecule has 5 rings (SSSR count). The molecule has 0 spiro atoms. The summed E-state index contributed by atoms with van der Waals surface area (Å²) in [7, 11) is -2.30. The summed E-state index contributed by atoms with van der Waals surface area (Å²) < 4.78 is 95.0. The SMILES string of the molecule is Cn1nc(C(F)F)cc1CC(=S)C[C@H]1CCc2sc(CC(=O)C3CC3(F)F)c(S(=O)(=O)CC3CC(F)C3)c2C1. The molecule has 0 saturated heterocycles. The van der Waals surface area contributed by atoms with Crippen molar-refractivity contribution < 1.29 is 35.2 Å². The monoisotopic (exact) mass is 608 g/mol. The first-order chi connectivity index (χ1) is 18.2. The van der Waals surface area contributed by atoms with Crippen LogP contribution in [0, 0.1) is 17.8 Å². The molecule has 0 aliphatic heterocycles. The zero-order valence-corrected chi connectivity index (χ0v) is 23.7. The van der Waals surface area contributed by atoms with E-state index >= 15 is 0 Å². The predicted molar refractivity (Wildman–Crippen MR) is 140 cm³/mol. The van der Waals surface area contributed by atoms with E-state index in [0.717, 1.165) is 11.3 Å². The molecule has 0 amide bonds. The number of nitrogens with zero attached hydrogens (tertiary/aromatic N) is 2. The first kappa shape index (κ1) is 28.8. The Labute approximate surface area is 233 Å². The highest BCUT2D eigenvalue weighted by Gasteiger charge is 2.60. The van der Waals surface area contributed by atoms with Gasteiger partial charge in [0.2, 0.25) is 0 Å². The summed E-state index contributed by atoms with van der Waals surface area (Å²) in [6, 6.07) is 1.33. The molecule has 0 bridgehead atoms. The molecule has 39 heavy (non-hydrogen) atoms. The second-order valence-electron chi connectivity index (χ2n) is 11.1. The highest BCUT2D eigenvalue weighted by molar-refractivity contribution is 7.91. The number of carbonyl (C=O) groups excluding carboxylic acids is 1. The molecule has 2 heterocycles. The lowest BCUT2D eigenvalue weighted by atomic mass is 9.84. The Morgan fingerprint density at radius 3 is 2.54 bits per heavy atom. The maximum absolute atomic E-state index is 13.6. The Morgan fingerprint density at radius 2 is 1.95 bits per heavy atom. The predicted octanol–water partition coefficient (Wildman–Crippen LogP) is 5.82. The maximum Gasteiger partial charge on any atom is 0.282 e. The Bertz CT molecular complexity index is 1400. The van der Waals surface area contributed by atoms with Gasteiger partial charge in [-0.25, -0.2) is 30.4 Å². The van der Waals surface area contributed by atoms with Gasteiger partial charge in [0.25, 0.3) is 12.3 Å². The minimum atomic E-state index is -3.88. The number of Topliss-reactive ketones (excluding diaryl/α,β-unsaturated/α-hetero) is 1. The number of aryl methyl sites for hydroxylation is 2. The van der Waals surface area contributed by atoms with Gasteiger partial charge in [-0.1, -0.05) is 12.2 Å². The standard InChI is InChI=1S/C26H29F5N2O3S3/c1-33-16(9-20(32-33)25(28)29)8-17(37)6-13-2-3-22-18(7-13)24(39(35,36)12-14-4-15(27)5-14)23(38-22)10-21(34)19-11-26(19,30)31/h9,13-15,19,25H,2-8,10-12H2,1H3/t13-,14?,15?,19?/m1/s1. The molecule has 2 saturated carbocycles. The Hall–Kier alpha value is -1.73. The number of thiophene rings is 1.